The molecule has 1 aromatic carbocycles. The Morgan fingerprint density at radius 3 is 2.33 bits per heavy atom. The van der Waals surface area contributed by atoms with Crippen LogP contribution in [0.15, 0.2) is 12.1 Å². The molecule has 0 aliphatic carbocycles. The minimum Gasteiger partial charge on any atom is -0.482 e. The van der Waals surface area contributed by atoms with Gasteiger partial charge in [-0.05, 0) is 18.6 Å². The second-order valence-electron chi connectivity index (χ2n) is 5.22. The highest BCUT2D eigenvalue weighted by Gasteiger charge is 2.15. The van der Waals surface area contributed by atoms with Gasteiger partial charge in [0, 0.05) is 34.4 Å². The Kier molecular flexibility index (Phi) is 7.84. The van der Waals surface area contributed by atoms with Gasteiger partial charge < -0.3 is 30.2 Å². The van der Waals surface area contributed by atoms with E-state index in [1.54, 1.807) is 27.2 Å². The van der Waals surface area contributed by atoms with E-state index in [0.717, 1.165) is 13.2 Å². The molecule has 2 rings (SSSR count). The number of rotatable bonds is 5. The Morgan fingerprint density at radius 1 is 1.33 bits per heavy atom. The molecule has 1 saturated heterocycles. The van der Waals surface area contributed by atoms with Gasteiger partial charge in [0.25, 0.3) is 5.91 Å². The normalized spacial score (nSPS) is 12.2. The summed E-state index contributed by atoms with van der Waals surface area (Å²) >= 11 is 0. The van der Waals surface area contributed by atoms with Crippen LogP contribution in [0.3, 0.4) is 0 Å². The fourth-order valence-corrected chi connectivity index (χ4v) is 1.60. The smallest absolute Gasteiger partial charge is 0.338 e. The summed E-state index contributed by atoms with van der Waals surface area (Å²) in [5.41, 5.74) is 7.05. The van der Waals surface area contributed by atoms with E-state index in [2.05, 4.69) is 10.1 Å². The second-order valence-corrected chi connectivity index (χ2v) is 5.22. The van der Waals surface area contributed by atoms with Crippen molar-refractivity contribution in [3.05, 3.63) is 17.7 Å². The van der Waals surface area contributed by atoms with Gasteiger partial charge in [0.1, 0.15) is 5.75 Å². The van der Waals surface area contributed by atoms with Gasteiger partial charge in [-0.3, -0.25) is 4.79 Å². The van der Waals surface area contributed by atoms with Crippen LogP contribution in [0.4, 0.5) is 11.4 Å². The molecule has 0 spiro atoms. The van der Waals surface area contributed by atoms with Crippen molar-refractivity contribution in [3.63, 3.8) is 0 Å². The van der Waals surface area contributed by atoms with Crippen molar-refractivity contribution < 1.29 is 23.8 Å². The molecule has 1 heterocycles. The number of carbonyl (C=O) groups is 2. The van der Waals surface area contributed by atoms with E-state index >= 15 is 0 Å². The number of ether oxygens (including phenoxy) is 3. The summed E-state index contributed by atoms with van der Waals surface area (Å²) in [7, 11) is 6.20. The molecule has 0 bridgehead atoms. The number of methoxy groups -OCH3 is 1. The number of esters is 1. The quantitative estimate of drug-likeness (QED) is 0.608. The molecule has 1 amide bonds. The maximum absolute atomic E-state index is 11.6. The highest BCUT2D eigenvalue weighted by atomic mass is 16.5. The number of carbonyl (C=O) groups excluding carboxylic acids is 2. The summed E-state index contributed by atoms with van der Waals surface area (Å²) < 4.78 is 14.8. The molecule has 0 radical (unpaired) electrons. The Balaban J connectivity index is 0.000000624. The molecular formula is C16H25N3O5. The topological polar surface area (TPSA) is 103 Å². The first-order valence-electron chi connectivity index (χ1n) is 7.51. The van der Waals surface area contributed by atoms with Gasteiger partial charge in [-0.2, -0.15) is 0 Å². The van der Waals surface area contributed by atoms with E-state index in [0.29, 0.717) is 16.9 Å². The van der Waals surface area contributed by atoms with Crippen molar-refractivity contribution >= 4 is 23.3 Å². The zero-order valence-corrected chi connectivity index (χ0v) is 14.5. The van der Waals surface area contributed by atoms with E-state index in [1.165, 1.54) is 24.5 Å². The SMILES string of the molecule is C1COC1.CNc1cc(C(=O)OC)cc(OCC(=O)N(C)C)c1N. The average Bonchev–Trinajstić information content (AvgIpc) is 2.50. The maximum atomic E-state index is 11.6. The lowest BCUT2D eigenvalue weighted by Gasteiger charge is -2.15. The lowest BCUT2D eigenvalue weighted by atomic mass is 10.1. The molecule has 3 N–H and O–H groups in total. The van der Waals surface area contributed by atoms with Crippen molar-refractivity contribution in [1.82, 2.24) is 4.90 Å². The molecule has 0 atom stereocenters. The molecular weight excluding hydrogens is 314 g/mol. The van der Waals surface area contributed by atoms with Crippen LogP contribution in [-0.2, 0) is 14.3 Å². The molecule has 8 heteroatoms. The summed E-state index contributed by atoms with van der Waals surface area (Å²) in [4.78, 5) is 24.5. The van der Waals surface area contributed by atoms with Crippen molar-refractivity contribution in [2.45, 2.75) is 6.42 Å². The van der Waals surface area contributed by atoms with Crippen LogP contribution in [0.25, 0.3) is 0 Å². The highest BCUT2D eigenvalue weighted by Crippen LogP contribution is 2.31. The second kappa shape index (κ2) is 9.61. The predicted octanol–water partition coefficient (Wildman–Crippen LogP) is 0.971. The molecule has 1 fully saturated rings. The number of nitrogens with two attached hydrogens (primary N) is 1. The van der Waals surface area contributed by atoms with Gasteiger partial charge in [0.05, 0.1) is 24.0 Å². The molecule has 0 unspecified atom stereocenters. The number of hydrogen-bond donors (Lipinski definition) is 2. The van der Waals surface area contributed by atoms with Crippen LogP contribution in [-0.4, -0.2) is 64.8 Å². The molecule has 1 aromatic rings. The van der Waals surface area contributed by atoms with Gasteiger partial charge in [-0.15, -0.1) is 0 Å². The van der Waals surface area contributed by atoms with Crippen LogP contribution in [0.1, 0.15) is 16.8 Å². The average molecular weight is 339 g/mol. The van der Waals surface area contributed by atoms with Crippen LogP contribution >= 0.6 is 0 Å². The predicted molar refractivity (Wildman–Crippen MR) is 91.4 cm³/mol. The lowest BCUT2D eigenvalue weighted by Crippen LogP contribution is -2.27. The minimum absolute atomic E-state index is 0.162. The molecule has 0 saturated carbocycles. The largest absolute Gasteiger partial charge is 0.482 e. The number of nitrogens with zero attached hydrogens (tertiary/aromatic N) is 1. The lowest BCUT2D eigenvalue weighted by molar-refractivity contribution is -0.130. The van der Waals surface area contributed by atoms with E-state index in [1.807, 2.05) is 0 Å². The highest BCUT2D eigenvalue weighted by molar-refractivity contribution is 5.93. The van der Waals surface area contributed by atoms with Crippen LogP contribution < -0.4 is 15.8 Å². The third-order valence-electron chi connectivity index (χ3n) is 3.26. The van der Waals surface area contributed by atoms with E-state index in [9.17, 15) is 9.59 Å². The van der Waals surface area contributed by atoms with E-state index < -0.39 is 5.97 Å². The van der Waals surface area contributed by atoms with Crippen molar-refractivity contribution in [3.8, 4) is 5.75 Å². The number of hydrogen-bond acceptors (Lipinski definition) is 7. The number of amides is 1. The fourth-order valence-electron chi connectivity index (χ4n) is 1.60. The first-order chi connectivity index (χ1) is 11.4. The molecule has 0 aromatic heterocycles. The van der Waals surface area contributed by atoms with E-state index in [-0.39, 0.29) is 18.3 Å². The summed E-state index contributed by atoms with van der Waals surface area (Å²) in [6, 6.07) is 3.01. The molecule has 1 aliphatic rings. The monoisotopic (exact) mass is 339 g/mol. The van der Waals surface area contributed by atoms with Gasteiger partial charge in [-0.1, -0.05) is 0 Å². The van der Waals surface area contributed by atoms with Gasteiger partial charge in [-0.25, -0.2) is 4.79 Å². The Labute approximate surface area is 141 Å². The summed E-state index contributed by atoms with van der Waals surface area (Å²) in [6.45, 7) is 1.84. The Morgan fingerprint density at radius 2 is 1.92 bits per heavy atom. The first kappa shape index (κ1) is 19.6. The number of anilines is 2. The number of benzene rings is 1. The standard InChI is InChI=1S/C13H19N3O4.C3H6O/c1-15-9-5-8(13(18)19-4)6-10(12(9)14)20-7-11(17)16(2)3;1-2-4-3-1/h5-6,15H,7,14H2,1-4H3;1-3H2. The van der Waals surface area contributed by atoms with Crippen LogP contribution in [0.5, 0.6) is 5.75 Å². The molecule has 134 valence electrons. The Bertz CT molecular complexity index is 567. The minimum atomic E-state index is -0.509. The van der Waals surface area contributed by atoms with Crippen LogP contribution in [0.2, 0.25) is 0 Å². The third-order valence-corrected chi connectivity index (χ3v) is 3.26. The molecule has 24 heavy (non-hydrogen) atoms. The van der Waals surface area contributed by atoms with Gasteiger partial charge >= 0.3 is 5.97 Å². The molecule has 1 aliphatic heterocycles. The summed E-state index contributed by atoms with van der Waals surface area (Å²) in [5, 5.41) is 2.86. The van der Waals surface area contributed by atoms with Crippen molar-refractivity contribution in [2.75, 3.05) is 59.1 Å². The zero-order chi connectivity index (χ0) is 18.1. The van der Waals surface area contributed by atoms with Gasteiger partial charge in [0.2, 0.25) is 0 Å². The number of likely N-dealkylation sites (N-methyl/N-ethyl adjacent to an activating group) is 1. The number of nitrogens with one attached hydrogen (secondary N) is 1. The fraction of sp³-hybridized carbons (Fsp3) is 0.500. The summed E-state index contributed by atoms with van der Waals surface area (Å²) in [6.07, 6.45) is 1.28. The van der Waals surface area contributed by atoms with E-state index in [4.69, 9.17) is 15.2 Å². The third kappa shape index (κ3) is 5.62. The maximum Gasteiger partial charge on any atom is 0.338 e. The number of nitrogen functional groups attached to an aromatic ring is 1. The van der Waals surface area contributed by atoms with Crippen molar-refractivity contribution in [2.24, 2.45) is 0 Å². The van der Waals surface area contributed by atoms with Crippen molar-refractivity contribution in [1.29, 1.82) is 0 Å². The van der Waals surface area contributed by atoms with Crippen LogP contribution in [0, 0.1) is 0 Å². The van der Waals surface area contributed by atoms with Gasteiger partial charge in [0.15, 0.2) is 6.61 Å². The first-order valence-corrected chi connectivity index (χ1v) is 7.51. The summed E-state index contributed by atoms with van der Waals surface area (Å²) in [5.74, 6) is -0.461. The Hall–Kier alpha value is -2.48. The molecule has 8 nitrogen and oxygen atoms in total. The zero-order valence-electron chi connectivity index (χ0n) is 14.5.